The first-order chi connectivity index (χ1) is 7.34. The molecule has 88 valence electrons. The minimum atomic E-state index is -3.80. The van der Waals surface area contributed by atoms with Gasteiger partial charge in [0.1, 0.15) is 16.4 Å². The van der Waals surface area contributed by atoms with Crippen molar-refractivity contribution in [2.75, 3.05) is 7.11 Å². The van der Waals surface area contributed by atoms with Crippen LogP contribution in [0.3, 0.4) is 0 Å². The average Bonchev–Trinajstić information content (AvgIpc) is 2.14. The van der Waals surface area contributed by atoms with Crippen LogP contribution in [0.5, 0.6) is 5.75 Å². The zero-order valence-corrected chi connectivity index (χ0v) is 9.87. The molecule has 0 unspecified atom stereocenters. The second-order valence-corrected chi connectivity index (χ2v) is 4.94. The summed E-state index contributed by atoms with van der Waals surface area (Å²) in [6.07, 6.45) is 0.237. The van der Waals surface area contributed by atoms with Crippen molar-refractivity contribution in [2.24, 2.45) is 5.14 Å². The standard InChI is InChI=1S/C10H13NO4S/c1-7(12)5-8-3-4-10(16(11,13)14)9(6-8)15-2/h3-4,6H,5H2,1-2H3,(H2,11,13,14). The van der Waals surface area contributed by atoms with Gasteiger partial charge in [0, 0.05) is 6.42 Å². The first kappa shape index (κ1) is 12.7. The molecule has 0 spiro atoms. The highest BCUT2D eigenvalue weighted by atomic mass is 32.2. The molecule has 1 rings (SSSR count). The van der Waals surface area contributed by atoms with Crippen LogP contribution in [-0.2, 0) is 21.2 Å². The van der Waals surface area contributed by atoms with Gasteiger partial charge in [0.2, 0.25) is 10.0 Å². The fourth-order valence-electron chi connectivity index (χ4n) is 1.34. The topological polar surface area (TPSA) is 86.5 Å². The minimum absolute atomic E-state index is 0.00888. The van der Waals surface area contributed by atoms with Crippen LogP contribution in [0.15, 0.2) is 23.1 Å². The molecular weight excluding hydrogens is 230 g/mol. The number of ether oxygens (including phenoxy) is 1. The Morgan fingerprint density at radius 1 is 1.44 bits per heavy atom. The van der Waals surface area contributed by atoms with E-state index in [1.165, 1.54) is 26.2 Å². The lowest BCUT2D eigenvalue weighted by Crippen LogP contribution is -2.13. The highest BCUT2D eigenvalue weighted by Crippen LogP contribution is 2.24. The molecule has 2 N–H and O–H groups in total. The first-order valence-corrected chi connectivity index (χ1v) is 6.08. The molecule has 0 saturated heterocycles. The van der Waals surface area contributed by atoms with Gasteiger partial charge in [0.25, 0.3) is 0 Å². The summed E-state index contributed by atoms with van der Waals surface area (Å²) in [6, 6.07) is 4.39. The number of hydrogen-bond donors (Lipinski definition) is 1. The molecule has 1 aromatic rings. The van der Waals surface area contributed by atoms with Crippen LogP contribution in [0.2, 0.25) is 0 Å². The van der Waals surface area contributed by atoms with Gasteiger partial charge in [0.05, 0.1) is 7.11 Å². The second kappa shape index (κ2) is 4.63. The minimum Gasteiger partial charge on any atom is -0.495 e. The van der Waals surface area contributed by atoms with E-state index in [9.17, 15) is 13.2 Å². The maximum absolute atomic E-state index is 11.2. The molecule has 0 heterocycles. The Hall–Kier alpha value is -1.40. The number of rotatable bonds is 4. The van der Waals surface area contributed by atoms with Crippen molar-refractivity contribution in [1.29, 1.82) is 0 Å². The summed E-state index contributed by atoms with van der Waals surface area (Å²) in [6.45, 7) is 1.46. The Kier molecular flexibility index (Phi) is 3.66. The lowest BCUT2D eigenvalue weighted by atomic mass is 10.1. The van der Waals surface area contributed by atoms with Crippen LogP contribution < -0.4 is 9.88 Å². The normalized spacial score (nSPS) is 11.2. The van der Waals surface area contributed by atoms with Gasteiger partial charge in [-0.1, -0.05) is 6.07 Å². The fourth-order valence-corrected chi connectivity index (χ4v) is 2.02. The van der Waals surface area contributed by atoms with Crippen LogP contribution in [0.1, 0.15) is 12.5 Å². The molecule has 0 aromatic heterocycles. The number of carbonyl (C=O) groups is 1. The van der Waals surface area contributed by atoms with Gasteiger partial charge < -0.3 is 4.74 Å². The molecule has 0 radical (unpaired) electrons. The van der Waals surface area contributed by atoms with E-state index < -0.39 is 10.0 Å². The zero-order valence-electron chi connectivity index (χ0n) is 9.06. The second-order valence-electron chi connectivity index (χ2n) is 3.41. The Morgan fingerprint density at radius 2 is 2.06 bits per heavy atom. The summed E-state index contributed by atoms with van der Waals surface area (Å²) in [7, 11) is -2.45. The third-order valence-electron chi connectivity index (χ3n) is 1.99. The van der Waals surface area contributed by atoms with Gasteiger partial charge in [0.15, 0.2) is 0 Å². The van der Waals surface area contributed by atoms with Gasteiger partial charge in [-0.25, -0.2) is 13.6 Å². The van der Waals surface area contributed by atoms with Crippen molar-refractivity contribution in [1.82, 2.24) is 0 Å². The number of carbonyl (C=O) groups excluding carboxylic acids is 1. The van der Waals surface area contributed by atoms with E-state index in [0.29, 0.717) is 5.56 Å². The van der Waals surface area contributed by atoms with Crippen LogP contribution in [0, 0.1) is 0 Å². The largest absolute Gasteiger partial charge is 0.495 e. The molecule has 0 fully saturated rings. The smallest absolute Gasteiger partial charge is 0.241 e. The van der Waals surface area contributed by atoms with Crippen LogP contribution in [-0.4, -0.2) is 21.3 Å². The molecule has 0 aliphatic heterocycles. The maximum atomic E-state index is 11.2. The Balaban J connectivity index is 3.22. The SMILES string of the molecule is COc1cc(CC(C)=O)ccc1S(N)(=O)=O. The molecule has 5 nitrogen and oxygen atoms in total. The highest BCUT2D eigenvalue weighted by molar-refractivity contribution is 7.89. The van der Waals surface area contributed by atoms with Gasteiger partial charge in [-0.05, 0) is 24.6 Å². The van der Waals surface area contributed by atoms with E-state index in [4.69, 9.17) is 9.88 Å². The zero-order chi connectivity index (χ0) is 12.3. The van der Waals surface area contributed by atoms with Crippen molar-refractivity contribution >= 4 is 15.8 Å². The van der Waals surface area contributed by atoms with Crippen molar-refractivity contribution in [3.63, 3.8) is 0 Å². The van der Waals surface area contributed by atoms with Crippen LogP contribution >= 0.6 is 0 Å². The van der Waals surface area contributed by atoms with Gasteiger partial charge in [-0.15, -0.1) is 0 Å². The Labute approximate surface area is 94.3 Å². The number of Topliss-reactive ketones (excluding diaryl/α,β-unsaturated/α-hetero) is 1. The number of ketones is 1. The van der Waals surface area contributed by atoms with Crippen molar-refractivity contribution in [3.8, 4) is 5.75 Å². The summed E-state index contributed by atoms with van der Waals surface area (Å²) in [5.41, 5.74) is 0.691. The third-order valence-corrected chi connectivity index (χ3v) is 2.94. The van der Waals surface area contributed by atoms with E-state index >= 15 is 0 Å². The van der Waals surface area contributed by atoms with Gasteiger partial charge in [-0.2, -0.15) is 0 Å². The summed E-state index contributed by atoms with van der Waals surface area (Å²) in [4.78, 5) is 10.8. The molecular formula is C10H13NO4S. The lowest BCUT2D eigenvalue weighted by Gasteiger charge is -2.08. The number of hydrogen-bond acceptors (Lipinski definition) is 4. The van der Waals surface area contributed by atoms with Crippen molar-refractivity contribution in [3.05, 3.63) is 23.8 Å². The van der Waals surface area contributed by atoms with Crippen LogP contribution in [0.4, 0.5) is 0 Å². The van der Waals surface area contributed by atoms with Gasteiger partial charge in [-0.3, -0.25) is 4.79 Å². The summed E-state index contributed by atoms with van der Waals surface area (Å²) < 4.78 is 27.3. The molecule has 0 aliphatic carbocycles. The molecule has 16 heavy (non-hydrogen) atoms. The molecule has 0 atom stereocenters. The highest BCUT2D eigenvalue weighted by Gasteiger charge is 2.15. The lowest BCUT2D eigenvalue weighted by molar-refractivity contribution is -0.116. The maximum Gasteiger partial charge on any atom is 0.241 e. The van der Waals surface area contributed by atoms with E-state index in [-0.39, 0.29) is 22.8 Å². The third kappa shape index (κ3) is 3.04. The first-order valence-electron chi connectivity index (χ1n) is 4.53. The summed E-state index contributed by atoms with van der Waals surface area (Å²) in [5, 5.41) is 5.01. The summed E-state index contributed by atoms with van der Waals surface area (Å²) in [5.74, 6) is 0.145. The number of benzene rings is 1. The summed E-state index contributed by atoms with van der Waals surface area (Å²) >= 11 is 0. The quantitative estimate of drug-likeness (QED) is 0.833. The molecule has 0 saturated carbocycles. The van der Waals surface area contributed by atoms with Gasteiger partial charge >= 0.3 is 0 Å². The predicted octanol–water partition coefficient (Wildman–Crippen LogP) is 0.474. The van der Waals surface area contributed by atoms with Crippen LogP contribution in [0.25, 0.3) is 0 Å². The van der Waals surface area contributed by atoms with E-state index in [0.717, 1.165) is 0 Å². The molecule has 1 aromatic carbocycles. The van der Waals surface area contributed by atoms with E-state index in [1.807, 2.05) is 0 Å². The molecule has 0 aliphatic rings. The van der Waals surface area contributed by atoms with Crippen molar-refractivity contribution in [2.45, 2.75) is 18.2 Å². The number of methoxy groups -OCH3 is 1. The molecule has 6 heteroatoms. The Bertz CT molecular complexity index is 508. The number of primary sulfonamides is 1. The monoisotopic (exact) mass is 243 g/mol. The Morgan fingerprint density at radius 3 is 2.50 bits per heavy atom. The van der Waals surface area contributed by atoms with E-state index in [2.05, 4.69) is 0 Å². The van der Waals surface area contributed by atoms with Crippen molar-refractivity contribution < 1.29 is 17.9 Å². The fraction of sp³-hybridized carbons (Fsp3) is 0.300. The number of sulfonamides is 1. The van der Waals surface area contributed by atoms with E-state index in [1.54, 1.807) is 6.07 Å². The molecule has 0 amide bonds. The average molecular weight is 243 g/mol. The number of nitrogens with two attached hydrogens (primary N) is 1. The predicted molar refractivity (Wildman–Crippen MR) is 58.8 cm³/mol. The molecule has 0 bridgehead atoms.